The molecule has 0 atom stereocenters. The number of carbonyl (C=O) groups is 2. The highest BCUT2D eigenvalue weighted by molar-refractivity contribution is 9.10. The summed E-state index contributed by atoms with van der Waals surface area (Å²) in [5, 5.41) is 0. The van der Waals surface area contributed by atoms with Gasteiger partial charge in [-0.15, -0.1) is 0 Å². The van der Waals surface area contributed by atoms with Crippen molar-refractivity contribution in [1.29, 1.82) is 0 Å². The number of ether oxygens (including phenoxy) is 1. The van der Waals surface area contributed by atoms with Crippen LogP contribution in [0, 0.1) is 0 Å². The molecular formula is C23H22BrNO3. The number of allylic oxidation sites excluding steroid dienone is 1. The van der Waals surface area contributed by atoms with Crippen molar-refractivity contribution in [2.24, 2.45) is 0 Å². The van der Waals surface area contributed by atoms with Crippen molar-refractivity contribution in [2.45, 2.75) is 20.3 Å². The third-order valence-electron chi connectivity index (χ3n) is 4.47. The van der Waals surface area contributed by atoms with Crippen LogP contribution < -0.4 is 0 Å². The molecule has 1 aliphatic heterocycles. The topological polar surface area (TPSA) is 46.6 Å². The van der Waals surface area contributed by atoms with E-state index in [0.717, 1.165) is 27.7 Å². The van der Waals surface area contributed by atoms with Crippen molar-refractivity contribution in [3.8, 4) is 0 Å². The van der Waals surface area contributed by atoms with Gasteiger partial charge >= 0.3 is 5.97 Å². The van der Waals surface area contributed by atoms with Crippen LogP contribution in [0.15, 0.2) is 64.7 Å². The number of esters is 1. The number of carbonyl (C=O) groups excluding carboxylic acids is 2. The van der Waals surface area contributed by atoms with E-state index in [4.69, 9.17) is 4.74 Å². The number of amides is 1. The summed E-state index contributed by atoms with van der Waals surface area (Å²) in [7, 11) is 0. The van der Waals surface area contributed by atoms with Crippen molar-refractivity contribution in [3.05, 3.63) is 81.3 Å². The molecule has 28 heavy (non-hydrogen) atoms. The molecule has 0 spiro atoms. The van der Waals surface area contributed by atoms with Crippen LogP contribution in [0.25, 0.3) is 11.8 Å². The Morgan fingerprint density at radius 1 is 1.07 bits per heavy atom. The number of nitrogens with zero attached hydrogens (tertiary/aromatic N) is 1. The van der Waals surface area contributed by atoms with Gasteiger partial charge in [0.05, 0.1) is 18.7 Å². The Morgan fingerprint density at radius 2 is 1.75 bits per heavy atom. The average Bonchev–Trinajstić information content (AvgIpc) is 2.95. The predicted octanol–water partition coefficient (Wildman–Crippen LogP) is 5.30. The van der Waals surface area contributed by atoms with E-state index in [-0.39, 0.29) is 19.1 Å². The molecule has 0 saturated heterocycles. The van der Waals surface area contributed by atoms with Crippen LogP contribution in [0.3, 0.4) is 0 Å². The van der Waals surface area contributed by atoms with Gasteiger partial charge < -0.3 is 9.64 Å². The molecule has 3 rings (SSSR count). The maximum Gasteiger partial charge on any atom is 0.335 e. The fourth-order valence-electron chi connectivity index (χ4n) is 3.21. The van der Waals surface area contributed by atoms with Crippen LogP contribution in [-0.4, -0.2) is 29.9 Å². The van der Waals surface area contributed by atoms with E-state index in [1.165, 1.54) is 0 Å². The van der Waals surface area contributed by atoms with Crippen LogP contribution in [0.5, 0.6) is 0 Å². The molecule has 0 saturated carbocycles. The van der Waals surface area contributed by atoms with E-state index in [1.807, 2.05) is 61.5 Å². The first kappa shape index (κ1) is 20.1. The highest BCUT2D eigenvalue weighted by Crippen LogP contribution is 2.34. The maximum atomic E-state index is 13.0. The summed E-state index contributed by atoms with van der Waals surface area (Å²) >= 11 is 3.51. The number of hydrogen-bond donors (Lipinski definition) is 0. The molecule has 0 unspecified atom stereocenters. The fourth-order valence-corrected chi connectivity index (χ4v) is 3.61. The number of rotatable bonds is 6. The van der Waals surface area contributed by atoms with Gasteiger partial charge in [0.25, 0.3) is 5.91 Å². The molecule has 0 radical (unpaired) electrons. The molecule has 2 aromatic carbocycles. The standard InChI is InChI=1S/C23H22BrNO3/c1-3-9-21-18-11-6-7-12-19(18)22(26)25(21)15-17(23(27)28-4-2)14-16-10-5-8-13-20(16)24/h5-14H,3-4,15H2,1-2H3/b17-14-,21-9-. The summed E-state index contributed by atoms with van der Waals surface area (Å²) in [6.07, 6.45) is 4.59. The maximum absolute atomic E-state index is 13.0. The van der Waals surface area contributed by atoms with Crippen molar-refractivity contribution < 1.29 is 14.3 Å². The molecule has 5 heteroatoms. The van der Waals surface area contributed by atoms with Gasteiger partial charge in [-0.25, -0.2) is 4.79 Å². The van der Waals surface area contributed by atoms with E-state index in [9.17, 15) is 9.59 Å². The Kier molecular flexibility index (Phi) is 6.47. The van der Waals surface area contributed by atoms with Crippen LogP contribution >= 0.6 is 15.9 Å². The van der Waals surface area contributed by atoms with Crippen LogP contribution in [0.2, 0.25) is 0 Å². The molecule has 4 nitrogen and oxygen atoms in total. The second-order valence-corrected chi connectivity index (χ2v) is 7.20. The lowest BCUT2D eigenvalue weighted by molar-refractivity contribution is -0.138. The van der Waals surface area contributed by atoms with Crippen molar-refractivity contribution >= 4 is 39.6 Å². The molecular weight excluding hydrogens is 418 g/mol. The van der Waals surface area contributed by atoms with E-state index in [1.54, 1.807) is 17.9 Å². The van der Waals surface area contributed by atoms with Gasteiger partial charge in [-0.3, -0.25) is 4.79 Å². The molecule has 1 amide bonds. The summed E-state index contributed by atoms with van der Waals surface area (Å²) < 4.78 is 6.13. The zero-order chi connectivity index (χ0) is 20.1. The van der Waals surface area contributed by atoms with Crippen LogP contribution in [-0.2, 0) is 9.53 Å². The average molecular weight is 440 g/mol. The molecule has 1 heterocycles. The summed E-state index contributed by atoms with van der Waals surface area (Å²) in [5.41, 5.74) is 3.68. The van der Waals surface area contributed by atoms with Gasteiger partial charge in [0.2, 0.25) is 0 Å². The van der Waals surface area contributed by atoms with Crippen molar-refractivity contribution in [1.82, 2.24) is 4.90 Å². The summed E-state index contributed by atoms with van der Waals surface area (Å²) in [4.78, 5) is 27.3. The molecule has 144 valence electrons. The Hall–Kier alpha value is -2.66. The van der Waals surface area contributed by atoms with Crippen molar-refractivity contribution in [2.75, 3.05) is 13.2 Å². The number of hydrogen-bond acceptors (Lipinski definition) is 3. The van der Waals surface area contributed by atoms with E-state index < -0.39 is 5.97 Å². The molecule has 0 aliphatic carbocycles. The predicted molar refractivity (Wildman–Crippen MR) is 114 cm³/mol. The normalized spacial score (nSPS) is 15.1. The van der Waals surface area contributed by atoms with Gasteiger partial charge in [-0.2, -0.15) is 0 Å². The Balaban J connectivity index is 2.01. The zero-order valence-electron chi connectivity index (χ0n) is 15.9. The van der Waals surface area contributed by atoms with E-state index >= 15 is 0 Å². The molecule has 0 aromatic heterocycles. The van der Waals surface area contributed by atoms with Gasteiger partial charge in [0.1, 0.15) is 0 Å². The fraction of sp³-hybridized carbons (Fsp3) is 0.217. The van der Waals surface area contributed by atoms with Crippen LogP contribution in [0.1, 0.15) is 41.8 Å². The highest BCUT2D eigenvalue weighted by atomic mass is 79.9. The number of halogens is 1. The lowest BCUT2D eigenvalue weighted by atomic mass is 10.1. The largest absolute Gasteiger partial charge is 0.463 e. The summed E-state index contributed by atoms with van der Waals surface area (Å²) in [6, 6.07) is 15.2. The second-order valence-electron chi connectivity index (χ2n) is 6.35. The Labute approximate surface area is 173 Å². The first-order chi connectivity index (χ1) is 13.6. The monoisotopic (exact) mass is 439 g/mol. The molecule has 0 bridgehead atoms. The number of benzene rings is 2. The van der Waals surface area contributed by atoms with Crippen LogP contribution in [0.4, 0.5) is 0 Å². The first-order valence-corrected chi connectivity index (χ1v) is 10.1. The number of fused-ring (bicyclic) bond motifs is 1. The molecule has 0 N–H and O–H groups in total. The SMILES string of the molecule is CC/C=C1/c2ccccc2C(=O)N1C/C(=C/c1ccccc1Br)C(=O)OCC. The minimum absolute atomic E-state index is 0.0994. The van der Waals surface area contributed by atoms with Gasteiger partial charge in [-0.05, 0) is 37.1 Å². The third kappa shape index (κ3) is 4.09. The summed E-state index contributed by atoms with van der Waals surface area (Å²) in [5.74, 6) is -0.518. The Morgan fingerprint density at radius 3 is 2.43 bits per heavy atom. The first-order valence-electron chi connectivity index (χ1n) is 9.30. The molecule has 2 aromatic rings. The molecule has 0 fully saturated rings. The third-order valence-corrected chi connectivity index (χ3v) is 5.19. The quantitative estimate of drug-likeness (QED) is 0.452. The second kappa shape index (κ2) is 9.02. The van der Waals surface area contributed by atoms with Gasteiger partial charge in [0, 0.05) is 21.3 Å². The lowest BCUT2D eigenvalue weighted by Crippen LogP contribution is -2.28. The minimum Gasteiger partial charge on any atom is -0.463 e. The summed E-state index contributed by atoms with van der Waals surface area (Å²) in [6.45, 7) is 4.23. The van der Waals surface area contributed by atoms with Crippen molar-refractivity contribution in [3.63, 3.8) is 0 Å². The van der Waals surface area contributed by atoms with Gasteiger partial charge in [0.15, 0.2) is 0 Å². The zero-order valence-corrected chi connectivity index (χ0v) is 17.5. The van der Waals surface area contributed by atoms with E-state index in [2.05, 4.69) is 15.9 Å². The smallest absolute Gasteiger partial charge is 0.335 e. The van der Waals surface area contributed by atoms with Gasteiger partial charge in [-0.1, -0.05) is 65.3 Å². The highest BCUT2D eigenvalue weighted by Gasteiger charge is 2.33. The van der Waals surface area contributed by atoms with E-state index in [0.29, 0.717) is 11.1 Å². The lowest BCUT2D eigenvalue weighted by Gasteiger charge is -2.20. The minimum atomic E-state index is -0.419. The molecule has 1 aliphatic rings. The Bertz CT molecular complexity index is 962.